The first-order valence-electron chi connectivity index (χ1n) is 10.5. The second kappa shape index (κ2) is 8.27. The molecule has 5 heteroatoms. The van der Waals surface area contributed by atoms with Crippen molar-refractivity contribution in [2.45, 2.75) is 32.9 Å². The number of nitrogens with zero attached hydrogens (tertiary/aromatic N) is 3. The maximum Gasteiger partial charge on any atom is 0.255 e. The number of hydrogen-bond acceptors (Lipinski definition) is 3. The molecule has 152 valence electrons. The zero-order valence-electron chi connectivity index (χ0n) is 17.3. The molecule has 1 atom stereocenters. The van der Waals surface area contributed by atoms with E-state index in [9.17, 15) is 9.59 Å². The van der Waals surface area contributed by atoms with Crippen LogP contribution in [0, 0.1) is 5.92 Å². The predicted octanol–water partition coefficient (Wildman–Crippen LogP) is 3.41. The van der Waals surface area contributed by atoms with Crippen molar-refractivity contribution in [2.24, 2.45) is 5.92 Å². The molecule has 0 saturated carbocycles. The summed E-state index contributed by atoms with van der Waals surface area (Å²) < 4.78 is 0. The monoisotopic (exact) mass is 391 g/mol. The Labute approximate surface area is 172 Å². The molecule has 2 heterocycles. The number of para-hydroxylation sites is 1. The second-order valence-corrected chi connectivity index (χ2v) is 8.38. The van der Waals surface area contributed by atoms with E-state index in [-0.39, 0.29) is 11.8 Å². The van der Waals surface area contributed by atoms with E-state index in [1.807, 2.05) is 47.4 Å². The molecule has 29 heavy (non-hydrogen) atoms. The molecule has 5 nitrogen and oxygen atoms in total. The molecule has 1 fully saturated rings. The van der Waals surface area contributed by atoms with Gasteiger partial charge in [0.25, 0.3) is 5.91 Å². The van der Waals surface area contributed by atoms with Gasteiger partial charge in [0, 0.05) is 44.0 Å². The molecule has 0 aliphatic carbocycles. The normalized spacial score (nSPS) is 17.6. The van der Waals surface area contributed by atoms with Crippen molar-refractivity contribution in [2.75, 3.05) is 31.1 Å². The highest BCUT2D eigenvalue weighted by Gasteiger charge is 2.38. The van der Waals surface area contributed by atoms with E-state index in [0.29, 0.717) is 32.0 Å². The molecule has 2 amide bonds. The van der Waals surface area contributed by atoms with E-state index in [2.05, 4.69) is 30.9 Å². The minimum absolute atomic E-state index is 0.0116. The largest absolute Gasteiger partial charge is 0.368 e. The molecule has 0 spiro atoms. The third-order valence-corrected chi connectivity index (χ3v) is 5.92. The third kappa shape index (κ3) is 4.00. The zero-order valence-corrected chi connectivity index (χ0v) is 17.3. The number of fused-ring (bicyclic) bond motifs is 1. The molecule has 2 aromatic rings. The van der Waals surface area contributed by atoms with Crippen LogP contribution in [0.5, 0.6) is 0 Å². The molecule has 1 saturated heterocycles. The van der Waals surface area contributed by atoms with E-state index in [1.165, 1.54) is 5.69 Å². The molecule has 0 aromatic heterocycles. The Kier molecular flexibility index (Phi) is 5.56. The van der Waals surface area contributed by atoms with Crippen molar-refractivity contribution in [3.8, 4) is 0 Å². The second-order valence-electron chi connectivity index (χ2n) is 8.38. The molecular weight excluding hydrogens is 362 g/mol. The summed E-state index contributed by atoms with van der Waals surface area (Å²) in [4.78, 5) is 32.5. The molecule has 4 rings (SSSR count). The molecule has 0 radical (unpaired) electrons. The van der Waals surface area contributed by atoms with Gasteiger partial charge in [0.15, 0.2) is 0 Å². The Hall–Kier alpha value is -2.82. The van der Waals surface area contributed by atoms with Gasteiger partial charge in [0.05, 0.1) is 0 Å². The van der Waals surface area contributed by atoms with Crippen molar-refractivity contribution in [3.63, 3.8) is 0 Å². The molecular formula is C24H29N3O2. The highest BCUT2D eigenvalue weighted by atomic mass is 16.2. The number of hydrogen-bond donors (Lipinski definition) is 0. The van der Waals surface area contributed by atoms with Gasteiger partial charge < -0.3 is 14.7 Å². The van der Waals surface area contributed by atoms with Crippen molar-refractivity contribution < 1.29 is 9.59 Å². The summed E-state index contributed by atoms with van der Waals surface area (Å²) in [6, 6.07) is 17.6. The number of carbonyl (C=O) groups is 2. The fraction of sp³-hybridized carbons (Fsp3) is 0.417. The van der Waals surface area contributed by atoms with E-state index in [4.69, 9.17) is 0 Å². The van der Waals surface area contributed by atoms with Crippen LogP contribution < -0.4 is 4.90 Å². The van der Waals surface area contributed by atoms with Crippen LogP contribution in [0.15, 0.2) is 54.6 Å². The van der Waals surface area contributed by atoms with Gasteiger partial charge in [-0.15, -0.1) is 0 Å². The van der Waals surface area contributed by atoms with Gasteiger partial charge in [0.2, 0.25) is 5.91 Å². The lowest BCUT2D eigenvalue weighted by molar-refractivity contribution is -0.137. The Morgan fingerprint density at radius 2 is 1.59 bits per heavy atom. The van der Waals surface area contributed by atoms with Gasteiger partial charge in [-0.05, 0) is 36.1 Å². The van der Waals surface area contributed by atoms with Crippen LogP contribution in [0.25, 0.3) is 0 Å². The number of anilines is 1. The minimum Gasteiger partial charge on any atom is -0.368 e. The maximum atomic E-state index is 13.5. The molecule has 2 aliphatic rings. The summed E-state index contributed by atoms with van der Waals surface area (Å²) in [5.74, 6) is 0.418. The summed E-state index contributed by atoms with van der Waals surface area (Å²) in [6.07, 6.45) is 0.692. The maximum absolute atomic E-state index is 13.5. The Morgan fingerprint density at radius 1 is 0.931 bits per heavy atom. The van der Waals surface area contributed by atoms with Crippen LogP contribution in [0.1, 0.15) is 36.2 Å². The summed E-state index contributed by atoms with van der Waals surface area (Å²) in [7, 11) is 0. The van der Waals surface area contributed by atoms with E-state index in [0.717, 1.165) is 24.2 Å². The Bertz CT molecular complexity index is 873. The number of amides is 2. The molecule has 2 aromatic carbocycles. The van der Waals surface area contributed by atoms with Gasteiger partial charge in [-0.1, -0.05) is 50.2 Å². The summed E-state index contributed by atoms with van der Waals surface area (Å²) >= 11 is 0. The van der Waals surface area contributed by atoms with Gasteiger partial charge >= 0.3 is 0 Å². The SMILES string of the molecule is CC(C)C[C@@H](C(=O)N1CCN(c2ccccc2)CC1)N1Cc2ccccc2C1=O. The van der Waals surface area contributed by atoms with Gasteiger partial charge in [0.1, 0.15) is 6.04 Å². The van der Waals surface area contributed by atoms with Crippen molar-refractivity contribution in [1.29, 1.82) is 0 Å². The zero-order chi connectivity index (χ0) is 20.4. The predicted molar refractivity (Wildman–Crippen MR) is 115 cm³/mol. The lowest BCUT2D eigenvalue weighted by Crippen LogP contribution is -2.55. The fourth-order valence-electron chi connectivity index (χ4n) is 4.37. The van der Waals surface area contributed by atoms with Crippen LogP contribution in [0.3, 0.4) is 0 Å². The highest BCUT2D eigenvalue weighted by Crippen LogP contribution is 2.28. The van der Waals surface area contributed by atoms with Gasteiger partial charge in [-0.2, -0.15) is 0 Å². The molecule has 0 bridgehead atoms. The van der Waals surface area contributed by atoms with Crippen molar-refractivity contribution in [1.82, 2.24) is 9.80 Å². The van der Waals surface area contributed by atoms with E-state index < -0.39 is 6.04 Å². The Balaban J connectivity index is 1.47. The first kappa shape index (κ1) is 19.5. The van der Waals surface area contributed by atoms with Crippen LogP contribution in [-0.4, -0.2) is 53.8 Å². The van der Waals surface area contributed by atoms with Gasteiger partial charge in [-0.25, -0.2) is 0 Å². The van der Waals surface area contributed by atoms with Crippen LogP contribution >= 0.6 is 0 Å². The summed E-state index contributed by atoms with van der Waals surface area (Å²) in [5.41, 5.74) is 2.96. The smallest absolute Gasteiger partial charge is 0.255 e. The molecule has 2 aliphatic heterocycles. The first-order chi connectivity index (χ1) is 14.0. The molecule has 0 N–H and O–H groups in total. The number of benzene rings is 2. The average Bonchev–Trinajstić information content (AvgIpc) is 3.09. The number of carbonyl (C=O) groups excluding carboxylic acids is 2. The van der Waals surface area contributed by atoms with E-state index >= 15 is 0 Å². The minimum atomic E-state index is -0.391. The van der Waals surface area contributed by atoms with Crippen molar-refractivity contribution in [3.05, 3.63) is 65.7 Å². The van der Waals surface area contributed by atoms with Crippen LogP contribution in [0.4, 0.5) is 5.69 Å². The lowest BCUT2D eigenvalue weighted by atomic mass is 10.0. The van der Waals surface area contributed by atoms with E-state index in [1.54, 1.807) is 4.90 Å². The summed E-state index contributed by atoms with van der Waals surface area (Å²) in [6.45, 7) is 7.77. The standard InChI is InChI=1S/C24H29N3O2/c1-18(2)16-22(27-17-19-8-6-7-11-21(19)23(27)28)24(29)26-14-12-25(13-15-26)20-9-4-3-5-10-20/h3-11,18,22H,12-17H2,1-2H3/t22-/m0/s1. The third-order valence-electron chi connectivity index (χ3n) is 5.92. The first-order valence-corrected chi connectivity index (χ1v) is 10.5. The van der Waals surface area contributed by atoms with Crippen LogP contribution in [-0.2, 0) is 11.3 Å². The van der Waals surface area contributed by atoms with Crippen molar-refractivity contribution >= 4 is 17.5 Å². The summed E-state index contributed by atoms with van der Waals surface area (Å²) in [5, 5.41) is 0. The fourth-order valence-corrected chi connectivity index (χ4v) is 4.37. The van der Waals surface area contributed by atoms with Crippen LogP contribution in [0.2, 0.25) is 0 Å². The highest BCUT2D eigenvalue weighted by molar-refractivity contribution is 6.01. The van der Waals surface area contributed by atoms with Gasteiger partial charge in [-0.3, -0.25) is 9.59 Å². The quantitative estimate of drug-likeness (QED) is 0.785. The topological polar surface area (TPSA) is 43.9 Å². The lowest BCUT2D eigenvalue weighted by Gasteiger charge is -2.39. The number of rotatable bonds is 5. The Morgan fingerprint density at radius 3 is 2.24 bits per heavy atom. The average molecular weight is 392 g/mol. The molecule has 0 unspecified atom stereocenters. The number of piperazine rings is 1.